The number of hydrogen-bond donors (Lipinski definition) is 0. The average Bonchev–Trinajstić information content (AvgIpc) is 3.08. The molecule has 0 N–H and O–H groups in total. The van der Waals surface area contributed by atoms with Gasteiger partial charge in [0, 0.05) is 6.61 Å². The van der Waals surface area contributed by atoms with Gasteiger partial charge in [0.2, 0.25) is 0 Å². The molecule has 1 aliphatic heterocycles. The van der Waals surface area contributed by atoms with E-state index in [4.69, 9.17) is 13.9 Å². The van der Waals surface area contributed by atoms with Crippen molar-refractivity contribution in [1.82, 2.24) is 0 Å². The van der Waals surface area contributed by atoms with Crippen molar-refractivity contribution in [3.8, 4) is 0 Å². The SMILES string of the molecule is CCC(CC)(CCCOCC1CO1)O[SiH3]. The third-order valence-electron chi connectivity index (χ3n) is 3.35. The van der Waals surface area contributed by atoms with Gasteiger partial charge in [-0.05, 0) is 25.7 Å². The molecule has 4 heteroatoms. The molecular formula is C11H24O3Si. The summed E-state index contributed by atoms with van der Waals surface area (Å²) in [5.74, 6) is 0. The molecule has 0 radical (unpaired) electrons. The summed E-state index contributed by atoms with van der Waals surface area (Å²) in [6.45, 7) is 6.91. The van der Waals surface area contributed by atoms with Crippen molar-refractivity contribution >= 4 is 10.5 Å². The summed E-state index contributed by atoms with van der Waals surface area (Å²) >= 11 is 0. The van der Waals surface area contributed by atoms with Crippen molar-refractivity contribution in [3.63, 3.8) is 0 Å². The summed E-state index contributed by atoms with van der Waals surface area (Å²) in [6, 6.07) is 0. The molecule has 1 unspecified atom stereocenters. The molecule has 0 saturated carbocycles. The van der Waals surface area contributed by atoms with Gasteiger partial charge in [-0.2, -0.15) is 0 Å². The lowest BCUT2D eigenvalue weighted by molar-refractivity contribution is 0.0420. The van der Waals surface area contributed by atoms with E-state index < -0.39 is 0 Å². The molecule has 0 aromatic heterocycles. The van der Waals surface area contributed by atoms with Crippen molar-refractivity contribution in [1.29, 1.82) is 0 Å². The molecule has 1 fully saturated rings. The quantitative estimate of drug-likeness (QED) is 0.338. The first kappa shape index (κ1) is 13.2. The van der Waals surface area contributed by atoms with Crippen LogP contribution in [0.1, 0.15) is 39.5 Å². The van der Waals surface area contributed by atoms with Gasteiger partial charge in [0.05, 0.1) is 18.8 Å². The lowest BCUT2D eigenvalue weighted by Gasteiger charge is -2.31. The summed E-state index contributed by atoms with van der Waals surface area (Å²) in [6.07, 6.45) is 4.82. The molecule has 0 bridgehead atoms. The molecule has 1 rings (SSSR count). The van der Waals surface area contributed by atoms with Crippen LogP contribution in [0.15, 0.2) is 0 Å². The zero-order valence-corrected chi connectivity index (χ0v) is 12.3. The van der Waals surface area contributed by atoms with Gasteiger partial charge in [-0.3, -0.25) is 0 Å². The third kappa shape index (κ3) is 4.63. The maximum absolute atomic E-state index is 5.73. The molecule has 1 atom stereocenters. The molecule has 3 nitrogen and oxygen atoms in total. The molecule has 0 aromatic carbocycles. The van der Waals surface area contributed by atoms with E-state index in [1.54, 1.807) is 0 Å². The minimum atomic E-state index is 0.131. The Kier molecular flexibility index (Phi) is 5.82. The first-order valence-corrected chi connectivity index (χ1v) is 6.82. The lowest BCUT2D eigenvalue weighted by Crippen LogP contribution is -2.30. The maximum Gasteiger partial charge on any atom is 0.146 e. The van der Waals surface area contributed by atoms with E-state index in [-0.39, 0.29) is 5.60 Å². The van der Waals surface area contributed by atoms with Crippen LogP contribution < -0.4 is 0 Å². The summed E-state index contributed by atoms with van der Waals surface area (Å²) in [5.41, 5.74) is 0.131. The Morgan fingerprint density at radius 3 is 2.53 bits per heavy atom. The van der Waals surface area contributed by atoms with E-state index in [0.29, 0.717) is 6.10 Å². The zero-order valence-electron chi connectivity index (χ0n) is 10.3. The second-order valence-electron chi connectivity index (χ2n) is 4.23. The first-order chi connectivity index (χ1) is 7.26. The van der Waals surface area contributed by atoms with Crippen molar-refractivity contribution in [2.45, 2.75) is 51.2 Å². The lowest BCUT2D eigenvalue weighted by atomic mass is 9.92. The van der Waals surface area contributed by atoms with Crippen LogP contribution in [0, 0.1) is 0 Å². The van der Waals surface area contributed by atoms with Gasteiger partial charge in [-0.1, -0.05) is 13.8 Å². The van der Waals surface area contributed by atoms with Gasteiger partial charge in [0.25, 0.3) is 0 Å². The Balaban J connectivity index is 2.04. The largest absolute Gasteiger partial charge is 0.422 e. The topological polar surface area (TPSA) is 31.0 Å². The van der Waals surface area contributed by atoms with Crippen LogP contribution in [-0.2, 0) is 13.9 Å². The zero-order chi connectivity index (χ0) is 11.1. The van der Waals surface area contributed by atoms with Gasteiger partial charge in [-0.25, -0.2) is 0 Å². The summed E-state index contributed by atoms with van der Waals surface area (Å²) in [5, 5.41) is 0. The molecule has 0 aromatic rings. The molecule has 1 saturated heterocycles. The van der Waals surface area contributed by atoms with Crippen molar-refractivity contribution < 1.29 is 13.9 Å². The highest BCUT2D eigenvalue weighted by Crippen LogP contribution is 2.25. The average molecular weight is 232 g/mol. The Morgan fingerprint density at radius 2 is 2.07 bits per heavy atom. The molecule has 0 spiro atoms. The van der Waals surface area contributed by atoms with Crippen LogP contribution in [0.5, 0.6) is 0 Å². The van der Waals surface area contributed by atoms with E-state index in [2.05, 4.69) is 13.8 Å². The summed E-state index contributed by atoms with van der Waals surface area (Å²) < 4.78 is 16.3. The molecular weight excluding hydrogens is 208 g/mol. The minimum absolute atomic E-state index is 0.131. The molecule has 1 aliphatic rings. The standard InChI is InChI=1S/C11H24O3Si/c1-3-11(4-2,14-15)6-5-7-12-8-10-9-13-10/h10H,3-9H2,1-2,15H3. The van der Waals surface area contributed by atoms with Crippen LogP contribution in [0.2, 0.25) is 0 Å². The Bertz CT molecular complexity index is 159. The first-order valence-electron chi connectivity index (χ1n) is 6.01. The molecule has 0 aliphatic carbocycles. The second kappa shape index (κ2) is 6.63. The highest BCUT2D eigenvalue weighted by Gasteiger charge is 2.25. The smallest absolute Gasteiger partial charge is 0.146 e. The van der Waals surface area contributed by atoms with E-state index in [9.17, 15) is 0 Å². The normalized spacial score (nSPS) is 20.8. The highest BCUT2D eigenvalue weighted by molar-refractivity contribution is 5.98. The minimum Gasteiger partial charge on any atom is -0.422 e. The number of epoxide rings is 1. The van der Waals surface area contributed by atoms with E-state index in [1.807, 2.05) is 0 Å². The van der Waals surface area contributed by atoms with Gasteiger partial charge in [0.15, 0.2) is 0 Å². The van der Waals surface area contributed by atoms with Crippen molar-refractivity contribution in [3.05, 3.63) is 0 Å². The van der Waals surface area contributed by atoms with Crippen molar-refractivity contribution in [2.24, 2.45) is 0 Å². The van der Waals surface area contributed by atoms with Crippen LogP contribution in [0.25, 0.3) is 0 Å². The number of rotatable bonds is 9. The summed E-state index contributed by atoms with van der Waals surface area (Å²) in [4.78, 5) is 0. The molecule has 1 heterocycles. The number of hydrogen-bond acceptors (Lipinski definition) is 3. The van der Waals surface area contributed by atoms with E-state index in [0.717, 1.165) is 56.0 Å². The monoisotopic (exact) mass is 232 g/mol. The van der Waals surface area contributed by atoms with Crippen LogP contribution in [-0.4, -0.2) is 42.0 Å². The van der Waals surface area contributed by atoms with Crippen LogP contribution in [0.3, 0.4) is 0 Å². The third-order valence-corrected chi connectivity index (χ3v) is 4.21. The predicted octanol–water partition coefficient (Wildman–Crippen LogP) is 1.04. The number of ether oxygens (including phenoxy) is 2. The Hall–Kier alpha value is 0.0969. The van der Waals surface area contributed by atoms with Gasteiger partial charge in [-0.15, -0.1) is 0 Å². The fraction of sp³-hybridized carbons (Fsp3) is 1.00. The Morgan fingerprint density at radius 1 is 1.40 bits per heavy atom. The predicted molar refractivity (Wildman–Crippen MR) is 64.1 cm³/mol. The maximum atomic E-state index is 5.73. The Labute approximate surface area is 96.0 Å². The fourth-order valence-corrected chi connectivity index (χ4v) is 2.65. The highest BCUT2D eigenvalue weighted by atomic mass is 28.2. The van der Waals surface area contributed by atoms with Gasteiger partial charge >= 0.3 is 0 Å². The second-order valence-corrected chi connectivity index (χ2v) is 4.64. The van der Waals surface area contributed by atoms with E-state index >= 15 is 0 Å². The van der Waals surface area contributed by atoms with E-state index in [1.165, 1.54) is 0 Å². The van der Waals surface area contributed by atoms with Crippen LogP contribution >= 0.6 is 0 Å². The van der Waals surface area contributed by atoms with Gasteiger partial charge < -0.3 is 13.9 Å². The van der Waals surface area contributed by atoms with Gasteiger partial charge in [0.1, 0.15) is 16.6 Å². The fourth-order valence-electron chi connectivity index (χ4n) is 1.87. The molecule has 0 amide bonds. The van der Waals surface area contributed by atoms with Crippen LogP contribution in [0.4, 0.5) is 0 Å². The molecule has 90 valence electrons. The molecule has 15 heavy (non-hydrogen) atoms. The summed E-state index contributed by atoms with van der Waals surface area (Å²) in [7, 11) is 0.831. The van der Waals surface area contributed by atoms with Crippen molar-refractivity contribution in [2.75, 3.05) is 19.8 Å².